The van der Waals surface area contributed by atoms with Gasteiger partial charge in [0.05, 0.1) is 31.1 Å². The summed E-state index contributed by atoms with van der Waals surface area (Å²) in [5.74, 6) is -1.45. The molecular weight excluding hydrogens is 260 g/mol. The van der Waals surface area contributed by atoms with E-state index in [0.29, 0.717) is 13.2 Å². The normalized spacial score (nSPS) is 13.3. The maximum atomic E-state index is 11.6. The summed E-state index contributed by atoms with van der Waals surface area (Å²) in [4.78, 5) is 11.1. The molecule has 0 aromatic heterocycles. The molecule has 0 rings (SSSR count). The molecule has 0 amide bonds. The number of methoxy groups -OCH3 is 2. The van der Waals surface area contributed by atoms with E-state index < -0.39 is 21.7 Å². The smallest absolute Gasteiger partial charge is 0.309 e. The predicted octanol–water partition coefficient (Wildman–Crippen LogP) is 0.263. The average molecular weight is 282 g/mol. The Morgan fingerprint density at radius 3 is 2.39 bits per heavy atom. The Bertz CT molecular complexity index is 324. The van der Waals surface area contributed by atoms with Gasteiger partial charge in [-0.1, -0.05) is 6.92 Å². The second-order valence-corrected chi connectivity index (χ2v) is 6.23. The second-order valence-electron chi connectivity index (χ2n) is 4.00. The van der Waals surface area contributed by atoms with E-state index in [1.165, 1.54) is 14.0 Å². The summed E-state index contributed by atoms with van der Waals surface area (Å²) in [6.45, 7) is 2.73. The Labute approximate surface area is 109 Å². The fraction of sp³-hybridized carbons (Fsp3) is 0.909. The molecule has 0 N–H and O–H groups in total. The molecule has 0 aliphatic heterocycles. The van der Waals surface area contributed by atoms with Gasteiger partial charge < -0.3 is 14.2 Å². The van der Waals surface area contributed by atoms with Crippen molar-refractivity contribution in [1.29, 1.82) is 0 Å². The summed E-state index contributed by atoms with van der Waals surface area (Å²) in [5, 5.41) is 0. The fourth-order valence-electron chi connectivity index (χ4n) is 1.33. The molecule has 18 heavy (non-hydrogen) atoms. The molecule has 0 radical (unpaired) electrons. The fourth-order valence-corrected chi connectivity index (χ4v) is 2.76. The first-order chi connectivity index (χ1) is 8.43. The number of carbonyl (C=O) groups is 1. The van der Waals surface area contributed by atoms with E-state index in [4.69, 9.17) is 9.47 Å². The first kappa shape index (κ1) is 17.3. The summed E-state index contributed by atoms with van der Waals surface area (Å²) >= 11 is 0. The lowest BCUT2D eigenvalue weighted by atomic mass is 10.2. The van der Waals surface area contributed by atoms with Crippen LogP contribution in [0.5, 0.6) is 0 Å². The van der Waals surface area contributed by atoms with Crippen molar-refractivity contribution >= 4 is 15.8 Å². The summed E-state index contributed by atoms with van der Waals surface area (Å²) in [6, 6.07) is 0. The zero-order valence-corrected chi connectivity index (χ0v) is 12.0. The Balaban J connectivity index is 3.84. The number of rotatable bonds is 10. The first-order valence-corrected chi connectivity index (χ1v) is 7.60. The molecule has 0 saturated heterocycles. The predicted molar refractivity (Wildman–Crippen MR) is 67.1 cm³/mol. The largest absolute Gasteiger partial charge is 0.469 e. The summed E-state index contributed by atoms with van der Waals surface area (Å²) in [7, 11) is -0.449. The van der Waals surface area contributed by atoms with Crippen molar-refractivity contribution in [2.45, 2.75) is 13.3 Å². The zero-order valence-electron chi connectivity index (χ0n) is 11.2. The lowest BCUT2D eigenvalue weighted by Crippen LogP contribution is -2.25. The molecule has 7 heteroatoms. The van der Waals surface area contributed by atoms with Crippen LogP contribution in [0.4, 0.5) is 0 Å². The third-order valence-electron chi connectivity index (χ3n) is 2.28. The Kier molecular flexibility index (Phi) is 8.95. The molecule has 0 saturated carbocycles. The van der Waals surface area contributed by atoms with Gasteiger partial charge in [0.1, 0.15) is 0 Å². The molecule has 0 bridgehead atoms. The molecule has 0 fully saturated rings. The van der Waals surface area contributed by atoms with E-state index in [2.05, 4.69) is 4.74 Å². The molecule has 1 atom stereocenters. The van der Waals surface area contributed by atoms with Crippen molar-refractivity contribution in [2.24, 2.45) is 5.92 Å². The topological polar surface area (TPSA) is 78.9 Å². The van der Waals surface area contributed by atoms with Crippen molar-refractivity contribution in [3.05, 3.63) is 0 Å². The van der Waals surface area contributed by atoms with Crippen LogP contribution in [0.1, 0.15) is 13.3 Å². The van der Waals surface area contributed by atoms with E-state index in [-0.39, 0.29) is 18.1 Å². The highest BCUT2D eigenvalue weighted by Gasteiger charge is 2.21. The SMILES string of the molecule is COCCCOCCS(=O)(=O)CC(C)C(=O)OC. The summed E-state index contributed by atoms with van der Waals surface area (Å²) in [6.07, 6.45) is 0.731. The Hall–Kier alpha value is -0.660. The van der Waals surface area contributed by atoms with Gasteiger partial charge in [0.15, 0.2) is 9.84 Å². The van der Waals surface area contributed by atoms with Crippen LogP contribution >= 0.6 is 0 Å². The first-order valence-electron chi connectivity index (χ1n) is 5.78. The number of carbonyl (C=O) groups excluding carboxylic acids is 1. The van der Waals surface area contributed by atoms with Gasteiger partial charge in [-0.05, 0) is 6.42 Å². The van der Waals surface area contributed by atoms with Gasteiger partial charge in [-0.2, -0.15) is 0 Å². The minimum Gasteiger partial charge on any atom is -0.469 e. The minimum absolute atomic E-state index is 0.0820. The molecule has 0 aliphatic carbocycles. The van der Waals surface area contributed by atoms with Crippen molar-refractivity contribution in [3.8, 4) is 0 Å². The van der Waals surface area contributed by atoms with E-state index >= 15 is 0 Å². The molecular formula is C11H22O6S. The van der Waals surface area contributed by atoms with Crippen LogP contribution in [-0.4, -0.2) is 59.9 Å². The van der Waals surface area contributed by atoms with Gasteiger partial charge in [-0.3, -0.25) is 4.79 Å². The van der Waals surface area contributed by atoms with Gasteiger partial charge in [-0.25, -0.2) is 8.42 Å². The minimum atomic E-state index is -3.29. The van der Waals surface area contributed by atoms with Crippen LogP contribution in [0.2, 0.25) is 0 Å². The maximum absolute atomic E-state index is 11.6. The van der Waals surface area contributed by atoms with E-state index in [0.717, 1.165) is 6.42 Å². The van der Waals surface area contributed by atoms with Crippen molar-refractivity contribution in [1.82, 2.24) is 0 Å². The molecule has 1 unspecified atom stereocenters. The number of hydrogen-bond donors (Lipinski definition) is 0. The van der Waals surface area contributed by atoms with E-state index in [1.807, 2.05) is 0 Å². The molecule has 0 aromatic rings. The average Bonchev–Trinajstić information content (AvgIpc) is 2.31. The molecule has 6 nitrogen and oxygen atoms in total. The molecule has 108 valence electrons. The van der Waals surface area contributed by atoms with Crippen molar-refractivity contribution in [3.63, 3.8) is 0 Å². The lowest BCUT2D eigenvalue weighted by Gasteiger charge is -2.10. The molecule has 0 heterocycles. The number of esters is 1. The van der Waals surface area contributed by atoms with E-state index in [9.17, 15) is 13.2 Å². The van der Waals surface area contributed by atoms with Gasteiger partial charge in [0.2, 0.25) is 0 Å². The Morgan fingerprint density at radius 1 is 1.17 bits per heavy atom. The van der Waals surface area contributed by atoms with E-state index in [1.54, 1.807) is 7.11 Å². The van der Waals surface area contributed by atoms with Crippen LogP contribution < -0.4 is 0 Å². The maximum Gasteiger partial charge on any atom is 0.309 e. The van der Waals surface area contributed by atoms with Gasteiger partial charge >= 0.3 is 5.97 Å². The Morgan fingerprint density at radius 2 is 1.83 bits per heavy atom. The van der Waals surface area contributed by atoms with Gasteiger partial charge in [0.25, 0.3) is 0 Å². The van der Waals surface area contributed by atoms with Crippen LogP contribution in [0, 0.1) is 5.92 Å². The van der Waals surface area contributed by atoms with Gasteiger partial charge in [0, 0.05) is 20.3 Å². The van der Waals surface area contributed by atoms with Crippen molar-refractivity contribution in [2.75, 3.05) is 45.5 Å². The van der Waals surface area contributed by atoms with Crippen LogP contribution in [0.15, 0.2) is 0 Å². The van der Waals surface area contributed by atoms with Crippen LogP contribution in [0.3, 0.4) is 0 Å². The standard InChI is InChI=1S/C11H22O6S/c1-10(11(12)16-3)9-18(13,14)8-7-17-6-4-5-15-2/h10H,4-9H2,1-3H3. The van der Waals surface area contributed by atoms with Crippen molar-refractivity contribution < 1.29 is 27.4 Å². The molecule has 0 aliphatic rings. The third kappa shape index (κ3) is 8.43. The monoisotopic (exact) mass is 282 g/mol. The lowest BCUT2D eigenvalue weighted by molar-refractivity contribution is -0.144. The van der Waals surface area contributed by atoms with Crippen LogP contribution in [-0.2, 0) is 28.8 Å². The highest BCUT2D eigenvalue weighted by molar-refractivity contribution is 7.91. The molecule has 0 spiro atoms. The zero-order chi connectivity index (χ0) is 14.0. The van der Waals surface area contributed by atoms with Crippen LogP contribution in [0.25, 0.3) is 0 Å². The number of hydrogen-bond acceptors (Lipinski definition) is 6. The summed E-state index contributed by atoms with van der Waals surface area (Å²) < 4.78 is 37.8. The number of sulfone groups is 1. The highest BCUT2D eigenvalue weighted by Crippen LogP contribution is 2.04. The second kappa shape index (κ2) is 9.29. The van der Waals surface area contributed by atoms with Gasteiger partial charge in [-0.15, -0.1) is 0 Å². The molecule has 0 aromatic carbocycles. The number of ether oxygens (including phenoxy) is 3. The summed E-state index contributed by atoms with van der Waals surface area (Å²) in [5.41, 5.74) is 0. The highest BCUT2D eigenvalue weighted by atomic mass is 32.2. The quantitative estimate of drug-likeness (QED) is 0.422. The third-order valence-corrected chi connectivity index (χ3v) is 4.08.